The summed E-state index contributed by atoms with van der Waals surface area (Å²) in [5, 5.41) is 0. The van der Waals surface area contributed by atoms with Crippen molar-refractivity contribution in [2.45, 2.75) is 31.6 Å². The molecular formula is C18H19FO. The van der Waals surface area contributed by atoms with Gasteiger partial charge in [0, 0.05) is 5.92 Å². The first-order chi connectivity index (χ1) is 9.69. The Hall–Kier alpha value is -1.83. The minimum atomic E-state index is -0.177. The Kier molecular flexibility index (Phi) is 3.47. The van der Waals surface area contributed by atoms with Gasteiger partial charge in [0.2, 0.25) is 0 Å². The summed E-state index contributed by atoms with van der Waals surface area (Å²) in [5.41, 5.74) is 3.91. The molecule has 2 heteroatoms. The van der Waals surface area contributed by atoms with Crippen molar-refractivity contribution in [1.29, 1.82) is 0 Å². The average Bonchev–Trinajstić information content (AvgIpc) is 2.48. The van der Waals surface area contributed by atoms with E-state index in [4.69, 9.17) is 4.74 Å². The Morgan fingerprint density at radius 1 is 1.00 bits per heavy atom. The molecule has 2 atom stereocenters. The van der Waals surface area contributed by atoms with Crippen molar-refractivity contribution in [2.24, 2.45) is 0 Å². The maximum Gasteiger partial charge on any atom is 0.123 e. The summed E-state index contributed by atoms with van der Waals surface area (Å²) in [6.07, 6.45) is 2.27. The summed E-state index contributed by atoms with van der Waals surface area (Å²) in [4.78, 5) is 0. The first-order valence-corrected chi connectivity index (χ1v) is 7.12. The van der Waals surface area contributed by atoms with E-state index in [9.17, 15) is 4.39 Å². The molecule has 0 saturated heterocycles. The summed E-state index contributed by atoms with van der Waals surface area (Å²) >= 11 is 0. The van der Waals surface area contributed by atoms with Gasteiger partial charge < -0.3 is 4.74 Å². The minimum absolute atomic E-state index is 0.177. The zero-order chi connectivity index (χ0) is 14.1. The third-order valence-corrected chi connectivity index (χ3v) is 4.36. The number of benzene rings is 2. The second-order valence-electron chi connectivity index (χ2n) is 5.58. The van der Waals surface area contributed by atoms with Gasteiger partial charge in [-0.1, -0.05) is 25.1 Å². The maximum absolute atomic E-state index is 13.1. The van der Waals surface area contributed by atoms with Gasteiger partial charge in [-0.25, -0.2) is 4.39 Å². The van der Waals surface area contributed by atoms with Crippen LogP contribution >= 0.6 is 0 Å². The lowest BCUT2D eigenvalue weighted by molar-refractivity contribution is 0.412. The highest BCUT2D eigenvalue weighted by molar-refractivity contribution is 5.45. The van der Waals surface area contributed by atoms with Crippen molar-refractivity contribution in [3.8, 4) is 5.75 Å². The summed E-state index contributed by atoms with van der Waals surface area (Å²) in [7, 11) is 1.70. The van der Waals surface area contributed by atoms with Crippen LogP contribution in [0.2, 0.25) is 0 Å². The molecular weight excluding hydrogens is 251 g/mol. The Morgan fingerprint density at radius 2 is 1.75 bits per heavy atom. The summed E-state index contributed by atoms with van der Waals surface area (Å²) < 4.78 is 18.5. The van der Waals surface area contributed by atoms with Gasteiger partial charge in [0.1, 0.15) is 11.6 Å². The van der Waals surface area contributed by atoms with Crippen molar-refractivity contribution in [3.05, 3.63) is 65.0 Å². The molecule has 0 N–H and O–H groups in total. The van der Waals surface area contributed by atoms with E-state index in [1.54, 1.807) is 19.2 Å². The van der Waals surface area contributed by atoms with Gasteiger partial charge in [0.15, 0.2) is 0 Å². The second kappa shape index (κ2) is 5.28. The molecule has 1 nitrogen and oxygen atoms in total. The topological polar surface area (TPSA) is 9.23 Å². The van der Waals surface area contributed by atoms with Crippen LogP contribution in [0.4, 0.5) is 4.39 Å². The lowest BCUT2D eigenvalue weighted by Crippen LogP contribution is -2.14. The largest absolute Gasteiger partial charge is 0.497 e. The van der Waals surface area contributed by atoms with Crippen LogP contribution in [0.3, 0.4) is 0 Å². The van der Waals surface area contributed by atoms with E-state index in [0.29, 0.717) is 11.8 Å². The zero-order valence-electron chi connectivity index (χ0n) is 11.9. The molecule has 3 rings (SSSR count). The van der Waals surface area contributed by atoms with Gasteiger partial charge in [-0.3, -0.25) is 0 Å². The predicted molar refractivity (Wildman–Crippen MR) is 78.9 cm³/mol. The number of ether oxygens (including phenoxy) is 1. The van der Waals surface area contributed by atoms with E-state index >= 15 is 0 Å². The first kappa shape index (κ1) is 13.2. The van der Waals surface area contributed by atoms with Crippen LogP contribution in [-0.4, -0.2) is 7.11 Å². The average molecular weight is 270 g/mol. The van der Waals surface area contributed by atoms with Crippen molar-refractivity contribution >= 4 is 0 Å². The third-order valence-electron chi connectivity index (χ3n) is 4.36. The number of methoxy groups -OCH3 is 1. The van der Waals surface area contributed by atoms with Crippen molar-refractivity contribution in [1.82, 2.24) is 0 Å². The molecule has 0 heterocycles. The Balaban J connectivity index is 2.06. The highest BCUT2D eigenvalue weighted by Gasteiger charge is 2.26. The monoisotopic (exact) mass is 270 g/mol. The molecule has 1 aliphatic rings. The van der Waals surface area contributed by atoms with Gasteiger partial charge in [-0.15, -0.1) is 0 Å². The van der Waals surface area contributed by atoms with Gasteiger partial charge >= 0.3 is 0 Å². The Morgan fingerprint density at radius 3 is 2.45 bits per heavy atom. The lowest BCUT2D eigenvalue weighted by Gasteiger charge is -2.30. The number of halogens is 1. The molecule has 1 aliphatic carbocycles. The smallest absolute Gasteiger partial charge is 0.123 e. The van der Waals surface area contributed by atoms with Crippen LogP contribution in [0.25, 0.3) is 0 Å². The van der Waals surface area contributed by atoms with E-state index < -0.39 is 0 Å². The molecule has 0 bridgehead atoms. The normalized spacial score (nSPS) is 21.4. The van der Waals surface area contributed by atoms with Crippen LogP contribution < -0.4 is 4.74 Å². The fraction of sp³-hybridized carbons (Fsp3) is 0.333. The van der Waals surface area contributed by atoms with Gasteiger partial charge in [0.25, 0.3) is 0 Å². The molecule has 2 unspecified atom stereocenters. The molecule has 20 heavy (non-hydrogen) atoms. The highest BCUT2D eigenvalue weighted by atomic mass is 19.1. The summed E-state index contributed by atoms with van der Waals surface area (Å²) in [5.74, 6) is 1.64. The van der Waals surface area contributed by atoms with Crippen LogP contribution in [0.15, 0.2) is 42.5 Å². The summed E-state index contributed by atoms with van der Waals surface area (Å²) in [6, 6.07) is 13.2. The van der Waals surface area contributed by atoms with E-state index in [2.05, 4.69) is 19.1 Å². The van der Waals surface area contributed by atoms with Crippen molar-refractivity contribution < 1.29 is 9.13 Å². The molecule has 0 amide bonds. The minimum Gasteiger partial charge on any atom is -0.497 e. The fourth-order valence-corrected chi connectivity index (χ4v) is 3.20. The Labute approximate surface area is 119 Å². The molecule has 2 aromatic carbocycles. The number of hydrogen-bond donors (Lipinski definition) is 0. The quantitative estimate of drug-likeness (QED) is 0.757. The van der Waals surface area contributed by atoms with Gasteiger partial charge in [-0.05, 0) is 59.7 Å². The molecule has 104 valence electrons. The summed E-state index contributed by atoms with van der Waals surface area (Å²) in [6.45, 7) is 2.27. The molecule has 0 aliphatic heterocycles. The fourth-order valence-electron chi connectivity index (χ4n) is 3.20. The SMILES string of the molecule is COc1ccc2c(c1)C(c1ccc(F)cc1)CCC2C. The Bertz CT molecular complexity index is 603. The second-order valence-corrected chi connectivity index (χ2v) is 5.58. The van der Waals surface area contributed by atoms with Crippen molar-refractivity contribution in [3.63, 3.8) is 0 Å². The maximum atomic E-state index is 13.1. The highest BCUT2D eigenvalue weighted by Crippen LogP contribution is 2.43. The van der Waals surface area contributed by atoms with Crippen LogP contribution in [0.5, 0.6) is 5.75 Å². The van der Waals surface area contributed by atoms with E-state index in [1.807, 2.05) is 18.2 Å². The van der Waals surface area contributed by atoms with E-state index in [0.717, 1.165) is 12.2 Å². The van der Waals surface area contributed by atoms with Gasteiger partial charge in [0.05, 0.1) is 7.11 Å². The third kappa shape index (κ3) is 2.31. The molecule has 0 radical (unpaired) electrons. The number of hydrogen-bond acceptors (Lipinski definition) is 1. The lowest BCUT2D eigenvalue weighted by atomic mass is 9.74. The molecule has 0 aromatic heterocycles. The van der Waals surface area contributed by atoms with Gasteiger partial charge in [-0.2, -0.15) is 0 Å². The molecule has 0 saturated carbocycles. The standard InChI is InChI=1S/C18H19FO/c1-12-3-9-17(13-4-6-14(19)7-5-13)18-11-15(20-2)8-10-16(12)18/h4-8,10-12,17H,3,9H2,1-2H3. The van der Waals surface area contributed by atoms with Crippen LogP contribution in [0.1, 0.15) is 48.3 Å². The van der Waals surface area contributed by atoms with Crippen molar-refractivity contribution in [2.75, 3.05) is 7.11 Å². The number of fused-ring (bicyclic) bond motifs is 1. The molecule has 0 fully saturated rings. The van der Waals surface area contributed by atoms with Crippen LogP contribution in [-0.2, 0) is 0 Å². The molecule has 0 spiro atoms. The predicted octanol–water partition coefficient (Wildman–Crippen LogP) is 4.86. The first-order valence-electron chi connectivity index (χ1n) is 7.12. The van der Waals surface area contributed by atoms with Crippen LogP contribution in [0, 0.1) is 5.82 Å². The molecule has 2 aromatic rings. The van der Waals surface area contributed by atoms with E-state index in [1.165, 1.54) is 23.1 Å². The van der Waals surface area contributed by atoms with E-state index in [-0.39, 0.29) is 5.82 Å². The number of rotatable bonds is 2. The zero-order valence-corrected chi connectivity index (χ0v) is 11.9.